The number of phenols is 1. The number of hydrogen-bond acceptors (Lipinski definition) is 9. The van der Waals surface area contributed by atoms with Gasteiger partial charge in [-0.25, -0.2) is 4.98 Å². The van der Waals surface area contributed by atoms with E-state index in [9.17, 15) is 39.6 Å². The van der Waals surface area contributed by atoms with Crippen LogP contribution in [0.25, 0.3) is 16.9 Å². The van der Waals surface area contributed by atoms with Gasteiger partial charge in [-0.15, -0.1) is 0 Å². The molecule has 11 nitrogen and oxygen atoms in total. The number of nitrogens with one attached hydrogen (secondary N) is 1. The molecule has 1 fully saturated rings. The van der Waals surface area contributed by atoms with Crippen LogP contribution in [-0.2, 0) is 25.6 Å². The Labute approximate surface area is 209 Å². The smallest absolute Gasteiger partial charge is 0.255 e. The van der Waals surface area contributed by atoms with E-state index in [-0.39, 0.29) is 42.1 Å². The van der Waals surface area contributed by atoms with Gasteiger partial charge in [-0.2, -0.15) is 0 Å². The van der Waals surface area contributed by atoms with Gasteiger partial charge >= 0.3 is 0 Å². The van der Waals surface area contributed by atoms with Crippen LogP contribution in [0.3, 0.4) is 0 Å². The molecule has 2 amide bonds. The van der Waals surface area contributed by atoms with E-state index < -0.39 is 52.0 Å². The number of nitrogens with two attached hydrogens (primary N) is 1. The van der Waals surface area contributed by atoms with E-state index in [0.29, 0.717) is 22.5 Å². The molecule has 1 heterocycles. The molecule has 0 saturated heterocycles. The first kappa shape index (κ1) is 24.2. The molecule has 1 saturated carbocycles. The van der Waals surface area contributed by atoms with Crippen molar-refractivity contribution < 1.29 is 39.6 Å². The SMILES string of the molecule is CC(=O)Nc1ccc(-c2ccc(O)c3c2C[C@H]2C[C@H]4CC(=O)C(C(N)=O)=C(O)[C@@]4(O)C(=O)C2=C3O)cn1. The predicted octanol–water partition coefficient (Wildman–Crippen LogP) is 1.44. The summed E-state index contributed by atoms with van der Waals surface area (Å²) in [7, 11) is 0. The van der Waals surface area contributed by atoms with E-state index >= 15 is 0 Å². The number of nitrogens with zero attached hydrogens (tertiary/aromatic N) is 1. The Morgan fingerprint density at radius 3 is 2.46 bits per heavy atom. The van der Waals surface area contributed by atoms with E-state index in [0.717, 1.165) is 0 Å². The highest BCUT2D eigenvalue weighted by molar-refractivity contribution is 6.22. The first-order valence-electron chi connectivity index (χ1n) is 11.5. The normalized spacial score (nSPS) is 24.8. The molecule has 3 aliphatic carbocycles. The number of rotatable bonds is 3. The minimum Gasteiger partial charge on any atom is -0.508 e. The monoisotopic (exact) mass is 505 g/mol. The number of ketones is 2. The molecule has 1 aromatic heterocycles. The van der Waals surface area contributed by atoms with E-state index in [1.807, 2.05) is 0 Å². The third-order valence-corrected chi connectivity index (χ3v) is 7.33. The number of anilines is 1. The van der Waals surface area contributed by atoms with Crippen LogP contribution in [0.4, 0.5) is 5.82 Å². The third kappa shape index (κ3) is 3.50. The zero-order chi connectivity index (χ0) is 26.8. The molecule has 1 aromatic carbocycles. The number of carbonyl (C=O) groups is 4. The van der Waals surface area contributed by atoms with Crippen LogP contribution in [0.2, 0.25) is 0 Å². The summed E-state index contributed by atoms with van der Waals surface area (Å²) in [6.45, 7) is 1.36. The van der Waals surface area contributed by atoms with Crippen LogP contribution < -0.4 is 11.1 Å². The van der Waals surface area contributed by atoms with Crippen LogP contribution in [0.1, 0.15) is 30.9 Å². The van der Waals surface area contributed by atoms with Crippen molar-refractivity contribution in [2.24, 2.45) is 17.6 Å². The minimum atomic E-state index is -2.60. The van der Waals surface area contributed by atoms with Crippen molar-refractivity contribution in [3.63, 3.8) is 0 Å². The van der Waals surface area contributed by atoms with Crippen molar-refractivity contribution in [2.45, 2.75) is 31.8 Å². The minimum absolute atomic E-state index is 0.00410. The van der Waals surface area contributed by atoms with Gasteiger partial charge in [-0.1, -0.05) is 6.07 Å². The number of aromatic nitrogens is 1. The van der Waals surface area contributed by atoms with Crippen molar-refractivity contribution in [1.29, 1.82) is 0 Å². The number of benzene rings is 1. The average Bonchev–Trinajstić information content (AvgIpc) is 2.81. The van der Waals surface area contributed by atoms with Crippen LogP contribution in [0, 0.1) is 11.8 Å². The van der Waals surface area contributed by atoms with E-state index in [1.54, 1.807) is 18.2 Å². The summed E-state index contributed by atoms with van der Waals surface area (Å²) in [5.74, 6) is -6.69. The third-order valence-electron chi connectivity index (χ3n) is 7.33. The largest absolute Gasteiger partial charge is 0.508 e. The molecule has 7 N–H and O–H groups in total. The maximum atomic E-state index is 13.6. The van der Waals surface area contributed by atoms with Crippen LogP contribution in [-0.4, -0.2) is 54.4 Å². The van der Waals surface area contributed by atoms with Crippen molar-refractivity contribution in [3.8, 4) is 16.9 Å². The number of amides is 2. The van der Waals surface area contributed by atoms with Gasteiger partial charge in [-0.05, 0) is 48.1 Å². The Morgan fingerprint density at radius 1 is 1.11 bits per heavy atom. The molecule has 5 rings (SSSR count). The van der Waals surface area contributed by atoms with Crippen LogP contribution >= 0.6 is 0 Å². The molecule has 0 unspecified atom stereocenters. The summed E-state index contributed by atoms with van der Waals surface area (Å²) in [6, 6.07) is 6.29. The number of Topliss-reactive ketones (excluding diaryl/α,β-unsaturated/α-hetero) is 2. The van der Waals surface area contributed by atoms with Crippen molar-refractivity contribution in [2.75, 3.05) is 5.32 Å². The van der Waals surface area contributed by atoms with Crippen molar-refractivity contribution in [3.05, 3.63) is 58.5 Å². The molecule has 0 bridgehead atoms. The molecule has 0 spiro atoms. The first-order valence-corrected chi connectivity index (χ1v) is 11.5. The van der Waals surface area contributed by atoms with Gasteiger partial charge in [0.15, 0.2) is 11.4 Å². The summed E-state index contributed by atoms with van der Waals surface area (Å²) in [5, 5.41) is 46.3. The highest BCUT2D eigenvalue weighted by Crippen LogP contribution is 2.53. The Kier molecular flexibility index (Phi) is 5.41. The van der Waals surface area contributed by atoms with Crippen LogP contribution in [0.15, 0.2) is 47.4 Å². The number of aliphatic hydroxyl groups is 3. The number of fused-ring (bicyclic) bond motifs is 3. The highest BCUT2D eigenvalue weighted by Gasteiger charge is 2.60. The van der Waals surface area contributed by atoms with Gasteiger partial charge < -0.3 is 31.5 Å². The maximum Gasteiger partial charge on any atom is 0.255 e. The molecular formula is C26H23N3O8. The lowest BCUT2D eigenvalue weighted by Gasteiger charge is -2.46. The van der Waals surface area contributed by atoms with Gasteiger partial charge in [0.1, 0.15) is 28.7 Å². The van der Waals surface area contributed by atoms with Crippen molar-refractivity contribution in [1.82, 2.24) is 4.98 Å². The van der Waals surface area contributed by atoms with E-state index in [1.165, 1.54) is 19.2 Å². The fourth-order valence-electron chi connectivity index (χ4n) is 5.70. The fraction of sp³-hybridized carbons (Fsp3) is 0.269. The van der Waals surface area contributed by atoms with Gasteiger partial charge in [0.05, 0.1) is 5.56 Å². The molecule has 0 aliphatic heterocycles. The van der Waals surface area contributed by atoms with Gasteiger partial charge in [-0.3, -0.25) is 19.2 Å². The first-order chi connectivity index (χ1) is 17.4. The number of carbonyl (C=O) groups excluding carboxylic acids is 4. The highest BCUT2D eigenvalue weighted by atomic mass is 16.3. The second-order valence-corrected chi connectivity index (χ2v) is 9.51. The standard InChI is InChI=1S/C26H23N3O8/c1-10(30)29-18-5-2-11(9-28-18)14-3-4-16(31)20-15(14)7-12-6-13-8-17(32)21(25(27)36)24(35)26(13,37)23(34)19(12)22(20)33/h2-5,9,12-13,31,33,35,37H,6-8H2,1H3,(H2,27,36)(H,28,29,30)/t12-,13+,26+/m1/s1. The summed E-state index contributed by atoms with van der Waals surface area (Å²) < 4.78 is 0. The maximum absolute atomic E-state index is 13.6. The number of primary amides is 1. The number of hydrogen-bond donors (Lipinski definition) is 6. The molecule has 0 radical (unpaired) electrons. The summed E-state index contributed by atoms with van der Waals surface area (Å²) in [4.78, 5) is 53.3. The van der Waals surface area contributed by atoms with E-state index in [4.69, 9.17) is 5.73 Å². The Balaban J connectivity index is 1.64. The van der Waals surface area contributed by atoms with Gasteiger partial charge in [0, 0.05) is 36.6 Å². The lowest BCUT2D eigenvalue weighted by atomic mass is 9.59. The number of pyridine rings is 1. The second-order valence-electron chi connectivity index (χ2n) is 9.51. The number of aliphatic hydroxyl groups excluding tert-OH is 2. The molecule has 11 heteroatoms. The molecular weight excluding hydrogens is 482 g/mol. The summed E-state index contributed by atoms with van der Waals surface area (Å²) in [6.07, 6.45) is 1.35. The Morgan fingerprint density at radius 2 is 1.84 bits per heavy atom. The topological polar surface area (TPSA) is 200 Å². The summed E-state index contributed by atoms with van der Waals surface area (Å²) in [5.41, 5.74) is 3.32. The zero-order valence-electron chi connectivity index (χ0n) is 19.6. The Hall–Kier alpha value is -4.51. The predicted molar refractivity (Wildman–Crippen MR) is 129 cm³/mol. The molecule has 190 valence electrons. The molecule has 2 aromatic rings. The fourth-order valence-corrected chi connectivity index (χ4v) is 5.70. The molecule has 37 heavy (non-hydrogen) atoms. The Bertz CT molecular complexity index is 1470. The number of aromatic hydroxyl groups is 1. The zero-order valence-corrected chi connectivity index (χ0v) is 19.6. The number of phenolic OH excluding ortho intramolecular Hbond substituents is 1. The molecule has 3 aliphatic rings. The second kappa shape index (κ2) is 8.27. The quantitative estimate of drug-likeness (QED) is 0.334. The van der Waals surface area contributed by atoms with Crippen LogP contribution in [0.5, 0.6) is 5.75 Å². The van der Waals surface area contributed by atoms with Gasteiger partial charge in [0.2, 0.25) is 11.7 Å². The lowest BCUT2D eigenvalue weighted by Crippen LogP contribution is -2.58. The van der Waals surface area contributed by atoms with E-state index in [2.05, 4.69) is 10.3 Å². The average molecular weight is 505 g/mol. The molecule has 3 atom stereocenters. The lowest BCUT2D eigenvalue weighted by molar-refractivity contribution is -0.147. The van der Waals surface area contributed by atoms with Crippen molar-refractivity contribution >= 4 is 35.0 Å². The van der Waals surface area contributed by atoms with Gasteiger partial charge in [0.25, 0.3) is 5.91 Å². The summed E-state index contributed by atoms with van der Waals surface area (Å²) >= 11 is 0.